The first-order valence-corrected chi connectivity index (χ1v) is 12.6. The van der Waals surface area contributed by atoms with Gasteiger partial charge in [0, 0.05) is 40.8 Å². The van der Waals surface area contributed by atoms with Gasteiger partial charge in [0.1, 0.15) is 0 Å². The maximum Gasteiger partial charge on any atom is 0.253 e. The Morgan fingerprint density at radius 1 is 1.00 bits per heavy atom. The molecule has 2 amide bonds. The third-order valence-corrected chi connectivity index (χ3v) is 8.15. The number of rotatable bonds is 4. The molecule has 6 heteroatoms. The number of hydrogen-bond donors (Lipinski definition) is 1. The molecule has 2 aliphatic carbocycles. The average molecular weight is 496 g/mol. The maximum atomic E-state index is 13.2. The Hall–Kier alpha value is -2.21. The number of benzene rings is 1. The van der Waals surface area contributed by atoms with Gasteiger partial charge in [0.05, 0.1) is 11.3 Å². The summed E-state index contributed by atoms with van der Waals surface area (Å²) in [4.78, 5) is 32.8. The van der Waals surface area contributed by atoms with Gasteiger partial charge < -0.3 is 10.2 Å². The summed E-state index contributed by atoms with van der Waals surface area (Å²) < 4.78 is 0.967. The van der Waals surface area contributed by atoms with E-state index in [2.05, 4.69) is 21.2 Å². The third kappa shape index (κ3) is 4.34. The fraction of sp³-hybridized carbons (Fsp3) is 0.500. The van der Waals surface area contributed by atoms with Crippen LogP contribution >= 0.6 is 15.9 Å². The van der Waals surface area contributed by atoms with Crippen LogP contribution in [-0.2, 0) is 0 Å². The summed E-state index contributed by atoms with van der Waals surface area (Å²) in [6, 6.07) is 11.7. The first kappa shape index (κ1) is 21.6. The van der Waals surface area contributed by atoms with Gasteiger partial charge in [0.2, 0.25) is 0 Å². The van der Waals surface area contributed by atoms with E-state index >= 15 is 0 Å². The van der Waals surface area contributed by atoms with Crippen LogP contribution < -0.4 is 5.32 Å². The Kier molecular flexibility index (Phi) is 6.06. The van der Waals surface area contributed by atoms with Gasteiger partial charge in [-0.2, -0.15) is 0 Å². The van der Waals surface area contributed by atoms with Gasteiger partial charge in [0.25, 0.3) is 11.8 Å². The molecular weight excluding hydrogens is 466 g/mol. The van der Waals surface area contributed by atoms with Gasteiger partial charge >= 0.3 is 0 Å². The highest BCUT2D eigenvalue weighted by Crippen LogP contribution is 2.44. The van der Waals surface area contributed by atoms with E-state index in [9.17, 15) is 9.59 Å². The van der Waals surface area contributed by atoms with E-state index in [1.54, 1.807) is 0 Å². The second kappa shape index (κ2) is 8.97. The molecule has 1 aromatic carbocycles. The minimum absolute atomic E-state index is 0.0263. The van der Waals surface area contributed by atoms with Crippen molar-refractivity contribution in [1.82, 2.24) is 15.2 Å². The van der Waals surface area contributed by atoms with Crippen molar-refractivity contribution in [2.24, 2.45) is 11.8 Å². The van der Waals surface area contributed by atoms with Crippen LogP contribution in [0.5, 0.6) is 0 Å². The van der Waals surface area contributed by atoms with Crippen LogP contribution in [0.25, 0.3) is 0 Å². The Morgan fingerprint density at radius 3 is 2.41 bits per heavy atom. The van der Waals surface area contributed by atoms with Crippen molar-refractivity contribution >= 4 is 27.7 Å². The number of carbonyl (C=O) groups is 2. The van der Waals surface area contributed by atoms with Gasteiger partial charge in [-0.15, -0.1) is 0 Å². The predicted molar refractivity (Wildman–Crippen MR) is 128 cm³/mol. The van der Waals surface area contributed by atoms with Crippen molar-refractivity contribution < 1.29 is 9.59 Å². The van der Waals surface area contributed by atoms with Gasteiger partial charge in [-0.3, -0.25) is 14.6 Å². The Morgan fingerprint density at radius 2 is 1.75 bits per heavy atom. The average Bonchev–Trinajstić information content (AvgIpc) is 3.42. The number of amides is 2. The van der Waals surface area contributed by atoms with Crippen LogP contribution in [0.2, 0.25) is 0 Å². The van der Waals surface area contributed by atoms with Crippen molar-refractivity contribution in [2.45, 2.75) is 57.4 Å². The number of carbonyl (C=O) groups excluding carboxylic acids is 2. The van der Waals surface area contributed by atoms with Gasteiger partial charge in [-0.1, -0.05) is 22.4 Å². The summed E-state index contributed by atoms with van der Waals surface area (Å²) in [5, 5.41) is 3.33. The second-order valence-corrected chi connectivity index (χ2v) is 10.6. The highest BCUT2D eigenvalue weighted by Gasteiger charge is 2.40. The molecule has 0 radical (unpaired) electrons. The minimum Gasteiger partial charge on any atom is -0.349 e. The molecule has 3 fully saturated rings. The molecule has 5 rings (SSSR count). The summed E-state index contributed by atoms with van der Waals surface area (Å²) in [6.07, 6.45) is 6.63. The summed E-state index contributed by atoms with van der Waals surface area (Å²) in [5.41, 5.74) is 3.27. The molecule has 2 bridgehead atoms. The van der Waals surface area contributed by atoms with E-state index in [1.165, 1.54) is 19.3 Å². The fourth-order valence-electron chi connectivity index (χ4n) is 5.88. The number of pyridine rings is 1. The number of hydrogen-bond acceptors (Lipinski definition) is 3. The summed E-state index contributed by atoms with van der Waals surface area (Å²) in [6.45, 7) is 3.35. The first-order valence-electron chi connectivity index (χ1n) is 11.8. The highest BCUT2D eigenvalue weighted by atomic mass is 79.9. The Labute approximate surface area is 198 Å². The van der Waals surface area contributed by atoms with E-state index in [0.717, 1.165) is 46.6 Å². The molecule has 2 heterocycles. The zero-order valence-corrected chi connectivity index (χ0v) is 20.1. The third-order valence-electron chi connectivity index (χ3n) is 7.62. The maximum absolute atomic E-state index is 13.2. The number of fused-ring (bicyclic) bond motifs is 2. The van der Waals surface area contributed by atoms with Crippen LogP contribution in [-0.4, -0.2) is 40.8 Å². The summed E-state index contributed by atoms with van der Waals surface area (Å²) in [5.74, 6) is 1.75. The monoisotopic (exact) mass is 495 g/mol. The van der Waals surface area contributed by atoms with E-state index in [1.807, 2.05) is 48.2 Å². The lowest BCUT2D eigenvalue weighted by Gasteiger charge is -2.33. The molecule has 3 aliphatic rings. The lowest BCUT2D eigenvalue weighted by atomic mass is 9.89. The second-order valence-electron chi connectivity index (χ2n) is 9.71. The number of aromatic nitrogens is 1. The van der Waals surface area contributed by atoms with Gasteiger partial charge in [-0.25, -0.2) is 0 Å². The van der Waals surface area contributed by atoms with Crippen LogP contribution in [0.4, 0.5) is 0 Å². The van der Waals surface area contributed by atoms with E-state index in [0.29, 0.717) is 30.6 Å². The SMILES string of the molecule is Cc1ccc(C(=O)NC2CC3CCC2C3)c(C2CCN(C(=O)c3ccc(Br)cc3)CC2)n1. The van der Waals surface area contributed by atoms with E-state index < -0.39 is 0 Å². The standard InChI is InChI=1S/C26H30BrN3O2/c1-16-2-9-22(25(31)29-23-15-17-3-4-20(23)14-17)24(28-16)18-10-12-30(13-11-18)26(32)19-5-7-21(27)8-6-19/h2,5-9,17-18,20,23H,3-4,10-15H2,1H3,(H,29,31). The molecule has 168 valence electrons. The lowest BCUT2D eigenvalue weighted by Crippen LogP contribution is -2.40. The number of aryl methyl sites for hydroxylation is 1. The number of halogens is 1. The molecule has 32 heavy (non-hydrogen) atoms. The fourth-order valence-corrected chi connectivity index (χ4v) is 6.14. The molecule has 1 aromatic heterocycles. The Balaban J connectivity index is 1.27. The number of likely N-dealkylation sites (tertiary alicyclic amines) is 1. The zero-order valence-electron chi connectivity index (χ0n) is 18.5. The number of nitrogens with one attached hydrogen (secondary N) is 1. The molecule has 1 N–H and O–H groups in total. The van der Waals surface area contributed by atoms with Crippen molar-refractivity contribution in [3.05, 3.63) is 63.4 Å². The minimum atomic E-state index is 0.0263. The smallest absolute Gasteiger partial charge is 0.253 e. The van der Waals surface area contributed by atoms with Crippen LogP contribution in [0.3, 0.4) is 0 Å². The van der Waals surface area contributed by atoms with Crippen molar-refractivity contribution in [1.29, 1.82) is 0 Å². The molecule has 0 spiro atoms. The predicted octanol–water partition coefficient (Wildman–Crippen LogP) is 5.09. The molecule has 1 aliphatic heterocycles. The summed E-state index contributed by atoms with van der Waals surface area (Å²) >= 11 is 3.42. The van der Waals surface area contributed by atoms with Crippen molar-refractivity contribution in [2.75, 3.05) is 13.1 Å². The van der Waals surface area contributed by atoms with E-state index in [4.69, 9.17) is 4.98 Å². The summed E-state index contributed by atoms with van der Waals surface area (Å²) in [7, 11) is 0. The molecular formula is C26H30BrN3O2. The molecule has 5 nitrogen and oxygen atoms in total. The molecule has 1 saturated heterocycles. The molecule has 3 atom stereocenters. The number of piperidine rings is 1. The lowest BCUT2D eigenvalue weighted by molar-refractivity contribution is 0.0710. The number of nitrogens with zero attached hydrogens (tertiary/aromatic N) is 2. The molecule has 2 aromatic rings. The van der Waals surface area contributed by atoms with Gasteiger partial charge in [-0.05, 0) is 87.3 Å². The molecule has 3 unspecified atom stereocenters. The first-order chi connectivity index (χ1) is 15.5. The van der Waals surface area contributed by atoms with Crippen molar-refractivity contribution in [3.8, 4) is 0 Å². The van der Waals surface area contributed by atoms with Crippen molar-refractivity contribution in [3.63, 3.8) is 0 Å². The van der Waals surface area contributed by atoms with Crippen LogP contribution in [0.1, 0.15) is 76.5 Å². The van der Waals surface area contributed by atoms with Crippen LogP contribution in [0, 0.1) is 18.8 Å². The van der Waals surface area contributed by atoms with Gasteiger partial charge in [0.15, 0.2) is 0 Å². The van der Waals surface area contributed by atoms with Crippen LogP contribution in [0.15, 0.2) is 40.9 Å². The van der Waals surface area contributed by atoms with E-state index in [-0.39, 0.29) is 17.7 Å². The largest absolute Gasteiger partial charge is 0.349 e. The highest BCUT2D eigenvalue weighted by molar-refractivity contribution is 9.10. The zero-order chi connectivity index (χ0) is 22.2. The molecule has 2 saturated carbocycles. The Bertz CT molecular complexity index is 1010. The quantitative estimate of drug-likeness (QED) is 0.642. The topological polar surface area (TPSA) is 62.3 Å². The normalized spacial score (nSPS) is 25.2.